The SMILES string of the molecule is Cc1cc(C(C)(F)F)cc2c1nc(Cc1c(Cl)ccc(C(=O)N3C[C@@H]4C(C(=O)O)[C@@H]4C3)c1Cl)n2C. The first kappa shape index (κ1) is 24.0. The molecule has 1 N–H and O–H groups in total. The van der Waals surface area contributed by atoms with Crippen molar-refractivity contribution >= 4 is 46.1 Å². The molecular formula is C25H23Cl2F2N3O3. The average molecular weight is 522 g/mol. The minimum Gasteiger partial charge on any atom is -0.481 e. The Bertz CT molecular complexity index is 1390. The molecule has 0 spiro atoms. The number of aromatic nitrogens is 2. The zero-order valence-electron chi connectivity index (χ0n) is 19.3. The van der Waals surface area contributed by atoms with E-state index >= 15 is 0 Å². The van der Waals surface area contributed by atoms with E-state index in [1.54, 1.807) is 35.6 Å². The molecule has 2 aliphatic rings. The molecule has 5 rings (SSSR count). The van der Waals surface area contributed by atoms with Crippen LogP contribution >= 0.6 is 23.2 Å². The Morgan fingerprint density at radius 1 is 1.20 bits per heavy atom. The van der Waals surface area contributed by atoms with E-state index in [0.717, 1.165) is 6.92 Å². The second-order valence-corrected chi connectivity index (χ2v) is 10.4. The highest BCUT2D eigenvalue weighted by Crippen LogP contribution is 2.52. The van der Waals surface area contributed by atoms with Crippen molar-refractivity contribution in [1.82, 2.24) is 14.5 Å². The van der Waals surface area contributed by atoms with Crippen molar-refractivity contribution in [2.75, 3.05) is 13.1 Å². The number of halogens is 4. The number of aliphatic carboxylic acids is 1. The van der Waals surface area contributed by atoms with Crippen LogP contribution in [0.5, 0.6) is 0 Å². The van der Waals surface area contributed by atoms with Crippen LogP contribution in [-0.2, 0) is 24.2 Å². The third kappa shape index (κ3) is 3.96. The van der Waals surface area contributed by atoms with Crippen molar-refractivity contribution in [3.8, 4) is 0 Å². The number of carboxylic acid groups (broad SMARTS) is 1. The quantitative estimate of drug-likeness (QED) is 0.494. The summed E-state index contributed by atoms with van der Waals surface area (Å²) < 4.78 is 29.7. The molecule has 3 aromatic rings. The lowest BCUT2D eigenvalue weighted by atomic mass is 10.1. The maximum atomic E-state index is 14.0. The zero-order chi connectivity index (χ0) is 25.4. The molecule has 1 aromatic heterocycles. The van der Waals surface area contributed by atoms with E-state index < -0.39 is 11.9 Å². The van der Waals surface area contributed by atoms with Gasteiger partial charge in [-0.1, -0.05) is 23.2 Å². The van der Waals surface area contributed by atoms with Crippen LogP contribution < -0.4 is 0 Å². The molecule has 1 aliphatic carbocycles. The highest BCUT2D eigenvalue weighted by atomic mass is 35.5. The molecule has 3 atom stereocenters. The molecular weight excluding hydrogens is 499 g/mol. The number of imidazole rings is 1. The van der Waals surface area contributed by atoms with Crippen LogP contribution in [0.15, 0.2) is 24.3 Å². The van der Waals surface area contributed by atoms with Crippen molar-refractivity contribution < 1.29 is 23.5 Å². The fourth-order valence-corrected chi connectivity index (χ4v) is 5.81. The van der Waals surface area contributed by atoms with Gasteiger partial charge in [-0.15, -0.1) is 0 Å². The maximum absolute atomic E-state index is 14.0. The molecule has 1 unspecified atom stereocenters. The van der Waals surface area contributed by atoms with Gasteiger partial charge in [-0.2, -0.15) is 0 Å². The van der Waals surface area contributed by atoms with Crippen LogP contribution in [0.2, 0.25) is 10.0 Å². The predicted molar refractivity (Wildman–Crippen MR) is 128 cm³/mol. The fourth-order valence-electron chi connectivity index (χ4n) is 5.23. The van der Waals surface area contributed by atoms with Crippen molar-refractivity contribution in [2.24, 2.45) is 24.8 Å². The number of fused-ring (bicyclic) bond motifs is 2. The summed E-state index contributed by atoms with van der Waals surface area (Å²) in [5, 5.41) is 9.79. The van der Waals surface area contributed by atoms with E-state index in [2.05, 4.69) is 4.98 Å². The lowest BCUT2D eigenvalue weighted by Gasteiger charge is -2.21. The summed E-state index contributed by atoms with van der Waals surface area (Å²) in [5.74, 6) is -3.88. The van der Waals surface area contributed by atoms with Gasteiger partial charge in [0.2, 0.25) is 0 Å². The summed E-state index contributed by atoms with van der Waals surface area (Å²) in [4.78, 5) is 30.7. The molecule has 10 heteroatoms. The number of carbonyl (C=O) groups excluding carboxylic acids is 1. The topological polar surface area (TPSA) is 75.4 Å². The minimum atomic E-state index is -2.98. The number of rotatable bonds is 5. The smallest absolute Gasteiger partial charge is 0.307 e. The standard InChI is InChI=1S/C25H23Cl2F2N3O3/c1-11-6-12(25(2,28)29)7-18-22(11)30-19(31(18)3)8-14-17(26)5-4-13(21(14)27)23(33)32-9-15-16(10-32)20(15)24(34)35/h4-7,15-16,20H,8-10H2,1-3H3,(H,34,35)/t15-,16+,20?. The number of aryl methyl sites for hydroxylation is 2. The average Bonchev–Trinajstić information content (AvgIpc) is 3.11. The van der Waals surface area contributed by atoms with Gasteiger partial charge in [0, 0.05) is 44.1 Å². The Morgan fingerprint density at radius 3 is 2.46 bits per heavy atom. The van der Waals surface area contributed by atoms with E-state index in [1.165, 1.54) is 12.1 Å². The van der Waals surface area contributed by atoms with E-state index in [1.807, 2.05) is 0 Å². The zero-order valence-corrected chi connectivity index (χ0v) is 20.8. The second-order valence-electron chi connectivity index (χ2n) is 9.60. The van der Waals surface area contributed by atoms with Gasteiger partial charge in [-0.05, 0) is 54.2 Å². The fraction of sp³-hybridized carbons (Fsp3) is 0.400. The molecule has 2 aromatic carbocycles. The molecule has 1 saturated carbocycles. The number of nitrogens with zero attached hydrogens (tertiary/aromatic N) is 3. The monoisotopic (exact) mass is 521 g/mol. The number of carboxylic acids is 1. The first-order chi connectivity index (χ1) is 16.4. The van der Waals surface area contributed by atoms with Gasteiger partial charge in [0.05, 0.1) is 27.5 Å². The lowest BCUT2D eigenvalue weighted by Crippen LogP contribution is -2.32. The van der Waals surface area contributed by atoms with Gasteiger partial charge >= 0.3 is 5.97 Å². The second kappa shape index (κ2) is 8.17. The van der Waals surface area contributed by atoms with Gasteiger partial charge in [0.1, 0.15) is 5.82 Å². The molecule has 0 radical (unpaired) electrons. The molecule has 35 heavy (non-hydrogen) atoms. The van der Waals surface area contributed by atoms with Crippen molar-refractivity contribution in [3.05, 3.63) is 62.4 Å². The Morgan fingerprint density at radius 2 is 1.86 bits per heavy atom. The van der Waals surface area contributed by atoms with Crippen LogP contribution in [0.4, 0.5) is 8.78 Å². The number of benzene rings is 2. The number of amides is 1. The molecule has 2 fully saturated rings. The van der Waals surface area contributed by atoms with Gasteiger partial charge < -0.3 is 14.6 Å². The highest BCUT2D eigenvalue weighted by molar-refractivity contribution is 6.38. The maximum Gasteiger partial charge on any atom is 0.307 e. The van der Waals surface area contributed by atoms with Gasteiger partial charge in [0.25, 0.3) is 11.8 Å². The normalized spacial score (nSPS) is 21.5. The van der Waals surface area contributed by atoms with E-state index in [9.17, 15) is 23.5 Å². The highest BCUT2D eigenvalue weighted by Gasteiger charge is 2.60. The van der Waals surface area contributed by atoms with Gasteiger partial charge in [0.15, 0.2) is 0 Å². The summed E-state index contributed by atoms with van der Waals surface area (Å²) in [6, 6.07) is 6.05. The number of piperidine rings is 1. The summed E-state index contributed by atoms with van der Waals surface area (Å²) in [5.41, 5.74) is 2.54. The molecule has 1 amide bonds. The molecule has 1 saturated heterocycles. The summed E-state index contributed by atoms with van der Waals surface area (Å²) in [6.45, 7) is 3.38. The third-order valence-electron chi connectivity index (χ3n) is 7.29. The Labute approximate surface area is 210 Å². The van der Waals surface area contributed by atoms with E-state index in [0.29, 0.717) is 51.7 Å². The van der Waals surface area contributed by atoms with Crippen LogP contribution in [-0.4, -0.2) is 44.5 Å². The Balaban J connectivity index is 1.45. The number of hydrogen-bond donors (Lipinski definition) is 1. The lowest BCUT2D eigenvalue weighted by molar-refractivity contribution is -0.139. The predicted octanol–water partition coefficient (Wildman–Crippen LogP) is 5.29. The van der Waals surface area contributed by atoms with Crippen LogP contribution in [0.3, 0.4) is 0 Å². The molecule has 6 nitrogen and oxygen atoms in total. The van der Waals surface area contributed by atoms with Crippen LogP contribution in [0, 0.1) is 24.7 Å². The van der Waals surface area contributed by atoms with Crippen molar-refractivity contribution in [3.63, 3.8) is 0 Å². The van der Waals surface area contributed by atoms with Crippen LogP contribution in [0.1, 0.15) is 39.8 Å². The molecule has 0 bridgehead atoms. The van der Waals surface area contributed by atoms with Crippen molar-refractivity contribution in [2.45, 2.75) is 26.2 Å². The Kier molecular flexibility index (Phi) is 5.60. The first-order valence-electron chi connectivity index (χ1n) is 11.2. The molecule has 1 aliphatic heterocycles. The summed E-state index contributed by atoms with van der Waals surface area (Å²) in [6.07, 6.45) is 0.202. The number of carbonyl (C=O) groups is 2. The van der Waals surface area contributed by atoms with Crippen LogP contribution in [0.25, 0.3) is 11.0 Å². The first-order valence-corrected chi connectivity index (χ1v) is 12.0. The largest absolute Gasteiger partial charge is 0.481 e. The van der Waals surface area contributed by atoms with Gasteiger partial charge in [-0.3, -0.25) is 9.59 Å². The molecule has 184 valence electrons. The minimum absolute atomic E-state index is 0.00868. The van der Waals surface area contributed by atoms with E-state index in [4.69, 9.17) is 23.2 Å². The third-order valence-corrected chi connectivity index (χ3v) is 8.08. The number of likely N-dealkylation sites (tertiary alicyclic amines) is 1. The van der Waals surface area contributed by atoms with Crippen molar-refractivity contribution in [1.29, 1.82) is 0 Å². The van der Waals surface area contributed by atoms with Gasteiger partial charge in [-0.25, -0.2) is 13.8 Å². The summed E-state index contributed by atoms with van der Waals surface area (Å²) >= 11 is 13.1. The number of alkyl halides is 2. The van der Waals surface area contributed by atoms with E-state index in [-0.39, 0.29) is 40.7 Å². The summed E-state index contributed by atoms with van der Waals surface area (Å²) in [7, 11) is 1.74. The Hall–Kier alpha value is -2.71. The molecule has 2 heterocycles. The number of hydrogen-bond acceptors (Lipinski definition) is 3.